The minimum absolute atomic E-state index is 0.477. The third-order valence-corrected chi connectivity index (χ3v) is 4.63. The maximum absolute atomic E-state index is 11.0. The van der Waals surface area contributed by atoms with Gasteiger partial charge in [0.25, 0.3) is 5.79 Å². The Labute approximate surface area is 140 Å². The first-order valence-electron chi connectivity index (χ1n) is 6.90. The van der Waals surface area contributed by atoms with Gasteiger partial charge in [-0.25, -0.2) is 9.32 Å². The second-order valence-electron chi connectivity index (χ2n) is 5.43. The van der Waals surface area contributed by atoms with Crippen LogP contribution in [-0.2, 0) is 39.5 Å². The number of hydrogen-bond donors (Lipinski definition) is 5. The molecular weight excluding hydrogens is 374 g/mol. The topological polar surface area (TPSA) is 195 Å². The molecule has 0 aromatic carbocycles. The number of aliphatic hydroxyl groups excluding tert-OH is 3. The molecule has 24 heavy (non-hydrogen) atoms. The Balaban J connectivity index is 2.23. The quantitative estimate of drug-likeness (QED) is 0.219. The molecule has 2 unspecified atom stereocenters. The van der Waals surface area contributed by atoms with Gasteiger partial charge >= 0.3 is 21.7 Å². The van der Waals surface area contributed by atoms with Crippen LogP contribution in [0.4, 0.5) is 0 Å². The number of ether oxygens (including phenoxy) is 2. The molecule has 1 aliphatic heterocycles. The van der Waals surface area contributed by atoms with Gasteiger partial charge < -0.3 is 24.8 Å². The van der Waals surface area contributed by atoms with Crippen LogP contribution in [0.1, 0.15) is 19.3 Å². The summed E-state index contributed by atoms with van der Waals surface area (Å²) in [6.07, 6.45) is -6.28. The lowest BCUT2D eigenvalue weighted by Crippen LogP contribution is -2.69. The van der Waals surface area contributed by atoms with Crippen molar-refractivity contribution < 1.29 is 50.3 Å². The Morgan fingerprint density at radius 1 is 1.33 bits per heavy atom. The second-order valence-corrected chi connectivity index (χ2v) is 7.24. The van der Waals surface area contributed by atoms with Crippen LogP contribution >= 0.6 is 0 Å². The Morgan fingerprint density at radius 2 is 1.96 bits per heavy atom. The summed E-state index contributed by atoms with van der Waals surface area (Å²) in [5.41, 5.74) is 0. The van der Waals surface area contributed by atoms with Crippen LogP contribution in [0.5, 0.6) is 0 Å². The lowest BCUT2D eigenvalue weighted by molar-refractivity contribution is -0.405. The standard InChI is InChI=1S/C10H19NO11S2/c11-24(17,18)22-9(14)10(20-5-2-1-3-5)8(13)7(12)6(4-19-10)21-23(15)16/h5-9,12-14H,1-4H2,(H,15,16)(H2,11,17,18)/t6-,7-,8+,9?,10-/m1/s1. The van der Waals surface area contributed by atoms with E-state index in [9.17, 15) is 27.9 Å². The van der Waals surface area contributed by atoms with Gasteiger partial charge in [0.15, 0.2) is 0 Å². The molecule has 1 aliphatic carbocycles. The van der Waals surface area contributed by atoms with E-state index in [1.54, 1.807) is 0 Å². The first-order valence-corrected chi connectivity index (χ1v) is 9.40. The fraction of sp³-hybridized carbons (Fsp3) is 1.00. The SMILES string of the molecule is NS(=O)(=O)OC(O)[C@@]1(OC2CCC2)OC[C@@H](OS(=O)O)[C@@H](O)[C@@H]1O. The van der Waals surface area contributed by atoms with Crippen molar-refractivity contribution in [3.63, 3.8) is 0 Å². The lowest BCUT2D eigenvalue weighted by Gasteiger charge is -2.49. The van der Waals surface area contributed by atoms with Crippen molar-refractivity contribution in [3.8, 4) is 0 Å². The van der Waals surface area contributed by atoms with Crippen LogP contribution < -0.4 is 5.14 Å². The van der Waals surface area contributed by atoms with Gasteiger partial charge in [-0.15, -0.1) is 0 Å². The summed E-state index contributed by atoms with van der Waals surface area (Å²) in [5.74, 6) is -2.46. The van der Waals surface area contributed by atoms with E-state index >= 15 is 0 Å². The van der Waals surface area contributed by atoms with Crippen LogP contribution in [0.15, 0.2) is 0 Å². The van der Waals surface area contributed by atoms with Crippen molar-refractivity contribution in [1.29, 1.82) is 0 Å². The Bertz CT molecular complexity index is 567. The van der Waals surface area contributed by atoms with Crippen LogP contribution in [0, 0.1) is 0 Å². The number of rotatable bonds is 7. The molecule has 2 aliphatic rings. The van der Waals surface area contributed by atoms with Gasteiger partial charge in [0, 0.05) is 0 Å². The van der Waals surface area contributed by atoms with Crippen molar-refractivity contribution in [2.45, 2.75) is 55.8 Å². The predicted molar refractivity (Wildman–Crippen MR) is 75.3 cm³/mol. The minimum atomic E-state index is -4.63. The summed E-state index contributed by atoms with van der Waals surface area (Å²) in [7, 11) is -4.63. The number of nitrogens with two attached hydrogens (primary N) is 1. The summed E-state index contributed by atoms with van der Waals surface area (Å²) in [4.78, 5) is 0. The van der Waals surface area contributed by atoms with Crippen LogP contribution in [0.3, 0.4) is 0 Å². The average Bonchev–Trinajstić information content (AvgIpc) is 2.39. The monoisotopic (exact) mass is 393 g/mol. The Kier molecular flexibility index (Phi) is 6.31. The maximum Gasteiger partial charge on any atom is 0.335 e. The summed E-state index contributed by atoms with van der Waals surface area (Å²) in [6.45, 7) is -0.595. The molecule has 0 amide bonds. The number of hydrogen-bond acceptors (Lipinski definition) is 10. The first-order chi connectivity index (χ1) is 11.0. The van der Waals surface area contributed by atoms with Crippen molar-refractivity contribution in [2.75, 3.05) is 6.61 Å². The molecule has 2 rings (SSSR count). The highest BCUT2D eigenvalue weighted by Gasteiger charge is 2.59. The zero-order chi connectivity index (χ0) is 18.1. The van der Waals surface area contributed by atoms with E-state index in [-0.39, 0.29) is 0 Å². The Hall–Kier alpha value is -0.260. The fourth-order valence-electron chi connectivity index (χ4n) is 2.35. The second kappa shape index (κ2) is 7.55. The molecule has 2 fully saturated rings. The van der Waals surface area contributed by atoms with E-state index in [2.05, 4.69) is 13.5 Å². The van der Waals surface area contributed by atoms with Gasteiger partial charge in [-0.2, -0.15) is 12.6 Å². The predicted octanol–water partition coefficient (Wildman–Crippen LogP) is -2.94. The van der Waals surface area contributed by atoms with E-state index in [1.807, 2.05) is 0 Å². The van der Waals surface area contributed by atoms with Gasteiger partial charge in [-0.1, -0.05) is 0 Å². The highest BCUT2D eigenvalue weighted by molar-refractivity contribution is 7.84. The van der Waals surface area contributed by atoms with Crippen LogP contribution in [-0.4, -0.2) is 75.6 Å². The molecule has 142 valence electrons. The summed E-state index contributed by atoms with van der Waals surface area (Å²) < 4.78 is 60.7. The molecule has 6 N–H and O–H groups in total. The summed E-state index contributed by atoms with van der Waals surface area (Å²) in [6, 6.07) is 0. The fourth-order valence-corrected chi connectivity index (χ4v) is 3.12. The van der Waals surface area contributed by atoms with Crippen molar-refractivity contribution in [1.82, 2.24) is 0 Å². The van der Waals surface area contributed by atoms with Gasteiger partial charge in [0.1, 0.15) is 18.3 Å². The molecule has 0 aromatic heterocycles. The molecule has 0 aromatic rings. The smallest absolute Gasteiger partial charge is 0.335 e. The van der Waals surface area contributed by atoms with Gasteiger partial charge in [0.2, 0.25) is 6.29 Å². The molecule has 0 radical (unpaired) electrons. The Morgan fingerprint density at radius 3 is 2.42 bits per heavy atom. The maximum atomic E-state index is 11.0. The van der Waals surface area contributed by atoms with E-state index in [0.717, 1.165) is 6.42 Å². The highest BCUT2D eigenvalue weighted by atomic mass is 32.2. The van der Waals surface area contributed by atoms with Gasteiger partial charge in [-0.3, -0.25) is 8.74 Å². The highest BCUT2D eigenvalue weighted by Crippen LogP contribution is 2.37. The molecule has 1 saturated heterocycles. The van der Waals surface area contributed by atoms with Crippen molar-refractivity contribution in [3.05, 3.63) is 0 Å². The van der Waals surface area contributed by atoms with E-state index in [1.165, 1.54) is 0 Å². The molecular formula is C10H19NO11S2. The third kappa shape index (κ3) is 4.47. The summed E-state index contributed by atoms with van der Waals surface area (Å²) in [5, 5.41) is 35.0. The molecule has 0 spiro atoms. The number of aliphatic hydroxyl groups is 3. The lowest BCUT2D eigenvalue weighted by atomic mass is 9.92. The van der Waals surface area contributed by atoms with E-state index < -0.39 is 64.8 Å². The average molecular weight is 393 g/mol. The third-order valence-electron chi connectivity index (χ3n) is 3.77. The molecule has 12 nitrogen and oxygen atoms in total. The van der Waals surface area contributed by atoms with E-state index in [0.29, 0.717) is 12.8 Å². The van der Waals surface area contributed by atoms with Crippen LogP contribution in [0.2, 0.25) is 0 Å². The summed E-state index contributed by atoms with van der Waals surface area (Å²) >= 11 is -2.75. The first kappa shape index (κ1) is 20.1. The largest absolute Gasteiger partial charge is 0.387 e. The zero-order valence-electron chi connectivity index (χ0n) is 12.3. The van der Waals surface area contributed by atoms with Gasteiger partial charge in [0.05, 0.1) is 12.7 Å². The molecule has 6 atom stereocenters. The minimum Gasteiger partial charge on any atom is -0.387 e. The molecule has 14 heteroatoms. The van der Waals surface area contributed by atoms with E-state index in [4.69, 9.17) is 14.0 Å². The molecule has 0 bridgehead atoms. The molecule has 1 heterocycles. The van der Waals surface area contributed by atoms with Crippen LogP contribution in [0.25, 0.3) is 0 Å². The normalized spacial score (nSPS) is 37.6. The molecule has 1 saturated carbocycles. The van der Waals surface area contributed by atoms with Gasteiger partial charge in [-0.05, 0) is 19.3 Å². The zero-order valence-corrected chi connectivity index (χ0v) is 13.9. The van der Waals surface area contributed by atoms with Crippen molar-refractivity contribution in [2.24, 2.45) is 5.14 Å². The van der Waals surface area contributed by atoms with Crippen molar-refractivity contribution >= 4 is 21.7 Å².